The van der Waals surface area contributed by atoms with Crippen LogP contribution in [0, 0.1) is 11.8 Å². The quantitative estimate of drug-likeness (QED) is 0.766. The van der Waals surface area contributed by atoms with Crippen LogP contribution < -0.4 is 11.1 Å². The molecule has 17 heavy (non-hydrogen) atoms. The van der Waals surface area contributed by atoms with E-state index in [4.69, 9.17) is 5.73 Å². The third-order valence-electron chi connectivity index (χ3n) is 3.42. The summed E-state index contributed by atoms with van der Waals surface area (Å²) in [5.41, 5.74) is 5.54. The van der Waals surface area contributed by atoms with Gasteiger partial charge in [0, 0.05) is 6.04 Å². The Morgan fingerprint density at radius 1 is 1.41 bits per heavy atom. The Labute approximate surface area is 109 Å². The predicted molar refractivity (Wildman–Crippen MR) is 75.1 cm³/mol. The molecule has 1 rings (SSSR count). The fourth-order valence-electron chi connectivity index (χ4n) is 2.09. The first-order valence-electron chi connectivity index (χ1n) is 6.69. The summed E-state index contributed by atoms with van der Waals surface area (Å²) in [6, 6.07) is 0.422. The molecule has 0 aromatic heterocycles. The van der Waals surface area contributed by atoms with Gasteiger partial charge in [0.1, 0.15) is 0 Å². The molecule has 0 saturated heterocycles. The van der Waals surface area contributed by atoms with E-state index in [1.54, 1.807) is 11.8 Å². The number of hydrogen-bond donors (Lipinski definition) is 2. The molecule has 1 saturated carbocycles. The molecule has 1 aliphatic carbocycles. The van der Waals surface area contributed by atoms with Crippen LogP contribution >= 0.6 is 11.8 Å². The monoisotopic (exact) mass is 258 g/mol. The summed E-state index contributed by atoms with van der Waals surface area (Å²) in [5.74, 6) is 3.09. The summed E-state index contributed by atoms with van der Waals surface area (Å²) < 4.78 is 0. The van der Waals surface area contributed by atoms with E-state index >= 15 is 0 Å². The molecule has 1 fully saturated rings. The van der Waals surface area contributed by atoms with Crippen molar-refractivity contribution in [2.75, 3.05) is 18.1 Å². The number of nitrogens with two attached hydrogens (primary N) is 1. The fraction of sp³-hybridized carbons (Fsp3) is 0.923. The van der Waals surface area contributed by atoms with Crippen molar-refractivity contribution in [2.24, 2.45) is 17.6 Å². The van der Waals surface area contributed by atoms with E-state index in [9.17, 15) is 4.79 Å². The minimum absolute atomic E-state index is 0.193. The number of amides is 1. The smallest absolute Gasteiger partial charge is 0.230 e. The first kappa shape index (κ1) is 14.8. The Bertz CT molecular complexity index is 227. The van der Waals surface area contributed by atoms with Gasteiger partial charge in [-0.15, -0.1) is 0 Å². The summed E-state index contributed by atoms with van der Waals surface area (Å²) in [5, 5.41) is 3.14. The zero-order chi connectivity index (χ0) is 12.7. The Kier molecular flexibility index (Phi) is 6.97. The standard InChI is InChI=1S/C13H26N2OS/c1-10-3-5-12(6-4-10)15-13(16)9-17-8-11(2)7-14/h10-12H,3-9,14H2,1-2H3,(H,15,16). The van der Waals surface area contributed by atoms with E-state index in [0.717, 1.165) is 24.5 Å². The maximum Gasteiger partial charge on any atom is 0.230 e. The maximum absolute atomic E-state index is 11.7. The van der Waals surface area contributed by atoms with E-state index < -0.39 is 0 Å². The van der Waals surface area contributed by atoms with Crippen molar-refractivity contribution in [1.29, 1.82) is 0 Å². The Morgan fingerprint density at radius 2 is 2.06 bits per heavy atom. The van der Waals surface area contributed by atoms with Gasteiger partial charge in [-0.2, -0.15) is 11.8 Å². The summed E-state index contributed by atoms with van der Waals surface area (Å²) in [6.45, 7) is 5.12. The van der Waals surface area contributed by atoms with Crippen LogP contribution in [-0.4, -0.2) is 30.0 Å². The van der Waals surface area contributed by atoms with Crippen LogP contribution in [0.3, 0.4) is 0 Å². The number of nitrogens with one attached hydrogen (secondary N) is 1. The van der Waals surface area contributed by atoms with Crippen LogP contribution in [0.4, 0.5) is 0 Å². The lowest BCUT2D eigenvalue weighted by Gasteiger charge is -2.26. The average molecular weight is 258 g/mol. The molecule has 0 aliphatic heterocycles. The highest BCUT2D eigenvalue weighted by atomic mass is 32.2. The Hall–Kier alpha value is -0.220. The molecule has 100 valence electrons. The van der Waals surface area contributed by atoms with Crippen LogP contribution in [0.2, 0.25) is 0 Å². The largest absolute Gasteiger partial charge is 0.353 e. The van der Waals surface area contributed by atoms with Crippen molar-refractivity contribution >= 4 is 17.7 Å². The second-order valence-corrected chi connectivity index (χ2v) is 6.41. The third-order valence-corrected chi connectivity index (χ3v) is 4.69. The zero-order valence-corrected chi connectivity index (χ0v) is 11.9. The summed E-state index contributed by atoms with van der Waals surface area (Å²) >= 11 is 1.69. The highest BCUT2D eigenvalue weighted by Gasteiger charge is 2.19. The van der Waals surface area contributed by atoms with E-state index in [1.807, 2.05) is 0 Å². The minimum Gasteiger partial charge on any atom is -0.353 e. The van der Waals surface area contributed by atoms with Crippen LogP contribution in [0.5, 0.6) is 0 Å². The minimum atomic E-state index is 0.193. The van der Waals surface area contributed by atoms with Gasteiger partial charge < -0.3 is 11.1 Å². The van der Waals surface area contributed by atoms with Crippen LogP contribution in [0.25, 0.3) is 0 Å². The Balaban J connectivity index is 2.08. The molecule has 1 amide bonds. The number of carbonyl (C=O) groups excluding carboxylic acids is 1. The number of hydrogen-bond acceptors (Lipinski definition) is 3. The lowest BCUT2D eigenvalue weighted by Crippen LogP contribution is -2.38. The molecule has 1 aliphatic rings. The van der Waals surface area contributed by atoms with Gasteiger partial charge in [-0.1, -0.05) is 13.8 Å². The van der Waals surface area contributed by atoms with Gasteiger partial charge >= 0.3 is 0 Å². The second-order valence-electron chi connectivity index (χ2n) is 5.38. The van der Waals surface area contributed by atoms with Gasteiger partial charge in [0.05, 0.1) is 5.75 Å². The van der Waals surface area contributed by atoms with Gasteiger partial charge in [-0.25, -0.2) is 0 Å². The van der Waals surface area contributed by atoms with Crippen molar-refractivity contribution in [1.82, 2.24) is 5.32 Å². The highest BCUT2D eigenvalue weighted by molar-refractivity contribution is 7.99. The summed E-state index contributed by atoms with van der Waals surface area (Å²) in [6.07, 6.45) is 4.80. The van der Waals surface area contributed by atoms with Gasteiger partial charge in [0.15, 0.2) is 0 Å². The SMILES string of the molecule is CC1CCC(NC(=O)CSCC(C)CN)CC1. The predicted octanol–water partition coefficient (Wildman–Crippen LogP) is 2.01. The topological polar surface area (TPSA) is 55.1 Å². The first-order valence-corrected chi connectivity index (χ1v) is 7.84. The number of carbonyl (C=O) groups is 1. The molecule has 4 heteroatoms. The van der Waals surface area contributed by atoms with Gasteiger partial charge in [0.2, 0.25) is 5.91 Å². The normalized spacial score (nSPS) is 26.5. The molecule has 0 spiro atoms. The summed E-state index contributed by atoms with van der Waals surface area (Å²) in [7, 11) is 0. The van der Waals surface area contributed by atoms with Crippen LogP contribution in [-0.2, 0) is 4.79 Å². The molecule has 0 aromatic rings. The second kappa shape index (κ2) is 7.98. The molecule has 1 atom stereocenters. The van der Waals surface area contributed by atoms with Crippen molar-refractivity contribution in [3.05, 3.63) is 0 Å². The molecule has 0 bridgehead atoms. The van der Waals surface area contributed by atoms with E-state index in [0.29, 0.717) is 24.3 Å². The zero-order valence-electron chi connectivity index (χ0n) is 11.1. The molecule has 3 nitrogen and oxygen atoms in total. The van der Waals surface area contributed by atoms with Crippen molar-refractivity contribution < 1.29 is 4.79 Å². The van der Waals surface area contributed by atoms with Crippen molar-refractivity contribution in [3.63, 3.8) is 0 Å². The first-order chi connectivity index (χ1) is 8.11. The Morgan fingerprint density at radius 3 is 2.65 bits per heavy atom. The maximum atomic E-state index is 11.7. The van der Waals surface area contributed by atoms with Crippen LogP contribution in [0.15, 0.2) is 0 Å². The van der Waals surface area contributed by atoms with Gasteiger partial charge in [-0.3, -0.25) is 4.79 Å². The molecule has 0 heterocycles. The molecule has 1 unspecified atom stereocenters. The van der Waals surface area contributed by atoms with Crippen LogP contribution in [0.1, 0.15) is 39.5 Å². The highest BCUT2D eigenvalue weighted by Crippen LogP contribution is 2.23. The molecule has 3 N–H and O–H groups in total. The fourth-order valence-corrected chi connectivity index (χ4v) is 3.02. The van der Waals surface area contributed by atoms with E-state index in [1.165, 1.54) is 12.8 Å². The summed E-state index contributed by atoms with van der Waals surface area (Å²) in [4.78, 5) is 11.7. The number of thioether (sulfide) groups is 1. The molecule has 0 aromatic carbocycles. The number of rotatable bonds is 6. The third kappa shape index (κ3) is 6.32. The molecular formula is C13H26N2OS. The van der Waals surface area contributed by atoms with E-state index in [2.05, 4.69) is 19.2 Å². The van der Waals surface area contributed by atoms with Crippen molar-refractivity contribution in [3.8, 4) is 0 Å². The lowest BCUT2D eigenvalue weighted by molar-refractivity contribution is -0.119. The molecular weight excluding hydrogens is 232 g/mol. The van der Waals surface area contributed by atoms with Crippen molar-refractivity contribution in [2.45, 2.75) is 45.6 Å². The molecule has 0 radical (unpaired) electrons. The average Bonchev–Trinajstić information content (AvgIpc) is 2.32. The van der Waals surface area contributed by atoms with E-state index in [-0.39, 0.29) is 5.91 Å². The lowest BCUT2D eigenvalue weighted by atomic mass is 9.87. The van der Waals surface area contributed by atoms with Gasteiger partial charge in [0.25, 0.3) is 0 Å². The van der Waals surface area contributed by atoms with Gasteiger partial charge in [-0.05, 0) is 49.8 Å².